The number of anilines is 1. The van der Waals surface area contributed by atoms with Crippen molar-refractivity contribution in [3.63, 3.8) is 0 Å². The van der Waals surface area contributed by atoms with Gasteiger partial charge in [-0.15, -0.1) is 0 Å². The van der Waals surface area contributed by atoms with Gasteiger partial charge in [0.2, 0.25) is 0 Å². The maximum Gasteiger partial charge on any atom is 0.338 e. The number of rotatable bonds is 6. The van der Waals surface area contributed by atoms with Crippen molar-refractivity contribution in [3.05, 3.63) is 94.3 Å². The van der Waals surface area contributed by atoms with Crippen molar-refractivity contribution < 1.29 is 14.3 Å². The molecule has 1 amide bonds. The van der Waals surface area contributed by atoms with E-state index in [2.05, 4.69) is 4.98 Å². The Bertz CT molecular complexity index is 1000. The number of hydrogen-bond donors (Lipinski definition) is 0. The maximum absolute atomic E-state index is 13.3. The summed E-state index contributed by atoms with van der Waals surface area (Å²) in [6, 6.07) is 15.8. The molecule has 0 aliphatic heterocycles. The molecule has 0 saturated carbocycles. The fraction of sp³-hybridized carbons (Fsp3) is 0.174. The Kier molecular flexibility index (Phi) is 6.62. The second-order valence-electron chi connectivity index (χ2n) is 6.50. The van der Waals surface area contributed by atoms with Crippen LogP contribution in [0.4, 0.5) is 5.69 Å². The van der Waals surface area contributed by atoms with E-state index in [4.69, 9.17) is 16.3 Å². The minimum absolute atomic E-state index is 0.234. The summed E-state index contributed by atoms with van der Waals surface area (Å²) in [4.78, 5) is 31.0. The van der Waals surface area contributed by atoms with E-state index in [1.165, 1.54) is 0 Å². The number of pyridine rings is 1. The fourth-order valence-electron chi connectivity index (χ4n) is 2.89. The lowest BCUT2D eigenvalue weighted by molar-refractivity contribution is 0.0526. The van der Waals surface area contributed by atoms with Crippen LogP contribution in [0.2, 0.25) is 5.02 Å². The van der Waals surface area contributed by atoms with Crippen LogP contribution in [-0.4, -0.2) is 23.5 Å². The summed E-state index contributed by atoms with van der Waals surface area (Å²) >= 11 is 6.34. The Balaban J connectivity index is 1.96. The monoisotopic (exact) mass is 408 g/mol. The van der Waals surface area contributed by atoms with E-state index in [0.717, 1.165) is 11.1 Å². The summed E-state index contributed by atoms with van der Waals surface area (Å²) < 4.78 is 5.02. The van der Waals surface area contributed by atoms with E-state index < -0.39 is 5.97 Å². The van der Waals surface area contributed by atoms with Crippen LogP contribution in [-0.2, 0) is 11.3 Å². The highest BCUT2D eigenvalue weighted by Gasteiger charge is 2.21. The van der Waals surface area contributed by atoms with Crippen molar-refractivity contribution in [2.75, 3.05) is 11.5 Å². The highest BCUT2D eigenvalue weighted by molar-refractivity contribution is 6.34. The number of aryl methyl sites for hydroxylation is 1. The zero-order chi connectivity index (χ0) is 20.8. The Morgan fingerprint density at radius 3 is 2.48 bits per heavy atom. The lowest BCUT2D eigenvalue weighted by Gasteiger charge is -2.24. The van der Waals surface area contributed by atoms with Gasteiger partial charge in [-0.3, -0.25) is 9.78 Å². The minimum atomic E-state index is -0.397. The molecule has 0 unspecified atom stereocenters. The molecular formula is C23H21ClN2O3. The van der Waals surface area contributed by atoms with Gasteiger partial charge in [0.25, 0.3) is 5.91 Å². The Morgan fingerprint density at radius 2 is 1.86 bits per heavy atom. The molecule has 6 heteroatoms. The zero-order valence-electron chi connectivity index (χ0n) is 16.3. The third kappa shape index (κ3) is 5.00. The van der Waals surface area contributed by atoms with Crippen molar-refractivity contribution in [2.45, 2.75) is 20.4 Å². The van der Waals surface area contributed by atoms with E-state index in [-0.39, 0.29) is 5.91 Å². The van der Waals surface area contributed by atoms with E-state index >= 15 is 0 Å². The predicted octanol–water partition coefficient (Wildman–Crippen LogP) is 5.07. The molecule has 1 heterocycles. The number of carbonyl (C=O) groups is 2. The Morgan fingerprint density at radius 1 is 1.10 bits per heavy atom. The van der Waals surface area contributed by atoms with Crippen molar-refractivity contribution in [1.29, 1.82) is 0 Å². The molecule has 5 nitrogen and oxygen atoms in total. The number of carbonyl (C=O) groups excluding carboxylic acids is 2. The lowest BCUT2D eigenvalue weighted by atomic mass is 10.1. The second kappa shape index (κ2) is 9.34. The van der Waals surface area contributed by atoms with Crippen LogP contribution in [0.1, 0.15) is 38.8 Å². The first-order chi connectivity index (χ1) is 14.0. The van der Waals surface area contributed by atoms with Crippen LogP contribution >= 0.6 is 11.6 Å². The molecule has 29 heavy (non-hydrogen) atoms. The summed E-state index contributed by atoms with van der Waals surface area (Å²) in [6.07, 6.45) is 3.39. The van der Waals surface area contributed by atoms with Gasteiger partial charge >= 0.3 is 5.97 Å². The zero-order valence-corrected chi connectivity index (χ0v) is 17.0. The molecule has 0 saturated heterocycles. The van der Waals surface area contributed by atoms with Crippen LogP contribution in [0, 0.1) is 6.92 Å². The first-order valence-corrected chi connectivity index (χ1v) is 9.61. The molecule has 1 aromatic heterocycles. The van der Waals surface area contributed by atoms with Crippen molar-refractivity contribution >= 4 is 29.2 Å². The van der Waals surface area contributed by atoms with Gasteiger partial charge in [0.1, 0.15) is 0 Å². The fourth-order valence-corrected chi connectivity index (χ4v) is 3.20. The molecule has 0 radical (unpaired) electrons. The largest absolute Gasteiger partial charge is 0.462 e. The number of esters is 1. The normalized spacial score (nSPS) is 10.4. The Labute approximate surface area is 174 Å². The van der Waals surface area contributed by atoms with Crippen LogP contribution < -0.4 is 4.90 Å². The minimum Gasteiger partial charge on any atom is -0.462 e. The molecule has 0 N–H and O–H groups in total. The number of halogens is 1. The van der Waals surface area contributed by atoms with Crippen LogP contribution in [0.5, 0.6) is 0 Å². The summed E-state index contributed by atoms with van der Waals surface area (Å²) in [7, 11) is 0. The van der Waals surface area contributed by atoms with Crippen LogP contribution in [0.3, 0.4) is 0 Å². The van der Waals surface area contributed by atoms with Gasteiger partial charge in [-0.2, -0.15) is 0 Å². The topological polar surface area (TPSA) is 59.5 Å². The number of amides is 1. The number of nitrogens with zero attached hydrogens (tertiary/aromatic N) is 2. The Hall–Kier alpha value is -3.18. The molecule has 0 bridgehead atoms. The SMILES string of the molecule is CCOC(=O)c1ccc(N(Cc2cccnc2)C(=O)c2ccc(C)cc2Cl)cc1. The summed E-state index contributed by atoms with van der Waals surface area (Å²) in [6.45, 7) is 4.29. The molecular weight excluding hydrogens is 388 g/mol. The number of ether oxygens (including phenoxy) is 1. The number of aromatic nitrogens is 1. The van der Waals surface area contributed by atoms with Gasteiger partial charge in [0.05, 0.1) is 29.3 Å². The van der Waals surface area contributed by atoms with E-state index in [1.807, 2.05) is 25.1 Å². The van der Waals surface area contributed by atoms with Crippen molar-refractivity contribution in [1.82, 2.24) is 4.98 Å². The average molecular weight is 409 g/mol. The summed E-state index contributed by atoms with van der Waals surface area (Å²) in [5.74, 6) is -0.631. The maximum atomic E-state index is 13.3. The molecule has 0 fully saturated rings. The lowest BCUT2D eigenvalue weighted by Crippen LogP contribution is -2.30. The van der Waals surface area contributed by atoms with Gasteiger partial charge < -0.3 is 9.64 Å². The number of benzene rings is 2. The first-order valence-electron chi connectivity index (χ1n) is 9.23. The van der Waals surface area contributed by atoms with Gasteiger partial charge in [-0.25, -0.2) is 4.79 Å². The quantitative estimate of drug-likeness (QED) is 0.534. The molecule has 0 atom stereocenters. The van der Waals surface area contributed by atoms with E-state index in [1.54, 1.807) is 60.6 Å². The molecule has 0 aliphatic carbocycles. The first kappa shape index (κ1) is 20.6. The molecule has 2 aromatic carbocycles. The molecule has 3 aromatic rings. The van der Waals surface area contributed by atoms with E-state index in [0.29, 0.717) is 35.0 Å². The van der Waals surface area contributed by atoms with Crippen molar-refractivity contribution in [3.8, 4) is 0 Å². The third-order valence-corrected chi connectivity index (χ3v) is 4.67. The summed E-state index contributed by atoms with van der Waals surface area (Å²) in [5.41, 5.74) is 3.33. The van der Waals surface area contributed by atoms with Gasteiger partial charge in [0, 0.05) is 18.1 Å². The molecule has 0 aliphatic rings. The second-order valence-corrected chi connectivity index (χ2v) is 6.91. The standard InChI is InChI=1S/C23H21ClN2O3/c1-3-29-23(28)18-7-9-19(10-8-18)26(15-17-5-4-12-25-14-17)22(27)20-11-6-16(2)13-21(20)24/h4-14H,3,15H2,1-2H3. The molecule has 148 valence electrons. The highest BCUT2D eigenvalue weighted by Crippen LogP contribution is 2.25. The highest BCUT2D eigenvalue weighted by atomic mass is 35.5. The summed E-state index contributed by atoms with van der Waals surface area (Å²) in [5, 5.41) is 0.398. The number of hydrogen-bond acceptors (Lipinski definition) is 4. The van der Waals surface area contributed by atoms with E-state index in [9.17, 15) is 9.59 Å². The predicted molar refractivity (Wildman–Crippen MR) is 113 cm³/mol. The van der Waals surface area contributed by atoms with Crippen LogP contribution in [0.15, 0.2) is 67.0 Å². The van der Waals surface area contributed by atoms with Crippen LogP contribution in [0.25, 0.3) is 0 Å². The van der Waals surface area contributed by atoms with Gasteiger partial charge in [-0.1, -0.05) is 23.7 Å². The molecule has 3 rings (SSSR count). The van der Waals surface area contributed by atoms with Gasteiger partial charge in [-0.05, 0) is 67.4 Å². The smallest absolute Gasteiger partial charge is 0.338 e. The third-order valence-electron chi connectivity index (χ3n) is 4.35. The average Bonchev–Trinajstić information content (AvgIpc) is 2.73. The van der Waals surface area contributed by atoms with Crippen molar-refractivity contribution in [2.24, 2.45) is 0 Å². The molecule has 0 spiro atoms. The van der Waals surface area contributed by atoms with Gasteiger partial charge in [0.15, 0.2) is 0 Å².